The lowest BCUT2D eigenvalue weighted by Crippen LogP contribution is -2.14. The van der Waals surface area contributed by atoms with Crippen LogP contribution in [0.5, 0.6) is 0 Å². The van der Waals surface area contributed by atoms with Crippen LogP contribution in [0.4, 0.5) is 0 Å². The fourth-order valence-electron chi connectivity index (χ4n) is 16.7. The molecule has 5 heterocycles. The molecule has 5 aromatic heterocycles. The standard InChI is InChI=1S/C44H36N2.C36H24N2.C24H16N2/c1-3-46-42-11-7-6-9-37(42)41-29-33(21-27-43(41)46)15-13-31-18-24-35(25-19-31)34-22-16-30(17-23-34)12-14-32-20-26-39-40(28-32)36-8-4-5-10-38(36)44(39)45-2;1-5-19-33-29(15-1)30-16-2-6-20-34(30)37(33)27-13-9-11-25(23-27)26-12-10-14-28(24-26)38-35-21-7-3-17-31(35)32-18-4-8-22-36(32)38;1-3-7-17(8-4-1)19-13-15-25-23-21(19)11-12-22-20(14-16-26-24(22)23)18-9-5-2-6-10-18/h4-29,44-45H,3H2,1-2H3;1-24H;1-16H/b14-12+,15-13+;;. The van der Waals surface area contributed by atoms with Crippen LogP contribution in [0, 0.1) is 0 Å². The van der Waals surface area contributed by atoms with Crippen molar-refractivity contribution in [3.05, 3.63) is 410 Å². The van der Waals surface area contributed by atoms with Crippen LogP contribution in [0.1, 0.15) is 46.3 Å². The van der Waals surface area contributed by atoms with Gasteiger partial charge in [-0.25, -0.2) is 0 Å². The summed E-state index contributed by atoms with van der Waals surface area (Å²) in [6.07, 6.45) is 12.6. The highest BCUT2D eigenvalue weighted by Gasteiger charge is 2.27. The molecule has 0 saturated carbocycles. The normalized spacial score (nSPS) is 12.5. The van der Waals surface area contributed by atoms with E-state index in [2.05, 4.69) is 412 Å². The highest BCUT2D eigenvalue weighted by atomic mass is 15.0. The quantitative estimate of drug-likeness (QED) is 0.0980. The Morgan fingerprint density at radius 2 is 0.655 bits per heavy atom. The van der Waals surface area contributed by atoms with Crippen LogP contribution in [0.2, 0.25) is 0 Å². The summed E-state index contributed by atoms with van der Waals surface area (Å²) in [4.78, 5) is 9.34. The number of nitrogens with one attached hydrogen (secondary N) is 1. The molecule has 0 radical (unpaired) electrons. The summed E-state index contributed by atoms with van der Waals surface area (Å²) in [5.74, 6) is 0. The van der Waals surface area contributed by atoms with Crippen LogP contribution in [-0.4, -0.2) is 30.7 Å². The maximum atomic E-state index is 4.67. The van der Waals surface area contributed by atoms with Crippen LogP contribution >= 0.6 is 0 Å². The molecular formula is C104H76N6. The van der Waals surface area contributed by atoms with Crippen molar-refractivity contribution in [2.45, 2.75) is 19.5 Å². The highest BCUT2D eigenvalue weighted by Crippen LogP contribution is 2.45. The lowest BCUT2D eigenvalue weighted by atomic mass is 9.97. The molecule has 15 aromatic carbocycles. The molecule has 1 N–H and O–H groups in total. The van der Waals surface area contributed by atoms with Crippen molar-refractivity contribution < 1.29 is 0 Å². The largest absolute Gasteiger partial charge is 0.341 e. The predicted octanol–water partition coefficient (Wildman–Crippen LogP) is 26.8. The third kappa shape index (κ3) is 12.3. The van der Waals surface area contributed by atoms with Gasteiger partial charge in [0.2, 0.25) is 0 Å². The molecule has 110 heavy (non-hydrogen) atoms. The number of pyridine rings is 2. The average Bonchev–Trinajstić information content (AvgIpc) is 1.46. The first-order valence-electron chi connectivity index (χ1n) is 37.9. The maximum Gasteiger partial charge on any atom is 0.0970 e. The van der Waals surface area contributed by atoms with E-state index in [9.17, 15) is 0 Å². The zero-order valence-electron chi connectivity index (χ0n) is 61.1. The van der Waals surface area contributed by atoms with E-state index in [1.54, 1.807) is 0 Å². The van der Waals surface area contributed by atoms with Gasteiger partial charge in [0.25, 0.3) is 0 Å². The minimum atomic E-state index is 0.261. The van der Waals surface area contributed by atoms with Crippen molar-refractivity contribution in [1.29, 1.82) is 0 Å². The molecule has 0 amide bonds. The topological polar surface area (TPSA) is 52.6 Å². The molecule has 0 fully saturated rings. The number of fused-ring (bicyclic) bond motifs is 15. The van der Waals surface area contributed by atoms with E-state index in [4.69, 9.17) is 0 Å². The van der Waals surface area contributed by atoms with Crippen LogP contribution in [0.25, 0.3) is 179 Å². The van der Waals surface area contributed by atoms with Gasteiger partial charge in [-0.1, -0.05) is 303 Å². The summed E-state index contributed by atoms with van der Waals surface area (Å²) in [7, 11) is 2.04. The molecule has 0 bridgehead atoms. The molecule has 21 rings (SSSR count). The van der Waals surface area contributed by atoms with Crippen LogP contribution in [0.15, 0.2) is 376 Å². The number of aromatic nitrogens is 5. The molecule has 0 spiro atoms. The van der Waals surface area contributed by atoms with Gasteiger partial charge >= 0.3 is 0 Å². The fraction of sp³-hybridized carbons (Fsp3) is 0.0385. The van der Waals surface area contributed by atoms with Gasteiger partial charge in [-0.15, -0.1) is 0 Å². The molecule has 1 unspecified atom stereocenters. The lowest BCUT2D eigenvalue weighted by Gasteiger charge is -2.12. The predicted molar refractivity (Wildman–Crippen MR) is 466 cm³/mol. The average molecular weight is 1410 g/mol. The van der Waals surface area contributed by atoms with Gasteiger partial charge in [-0.3, -0.25) is 9.97 Å². The Labute approximate surface area is 639 Å². The van der Waals surface area contributed by atoms with E-state index in [0.717, 1.165) is 28.4 Å². The van der Waals surface area contributed by atoms with Gasteiger partial charge in [0.15, 0.2) is 0 Å². The van der Waals surface area contributed by atoms with E-state index in [0.29, 0.717) is 0 Å². The van der Waals surface area contributed by atoms with Crippen molar-refractivity contribution in [1.82, 2.24) is 29.0 Å². The second kappa shape index (κ2) is 29.0. The number of hydrogen-bond acceptors (Lipinski definition) is 3. The molecule has 0 saturated heterocycles. The van der Waals surface area contributed by atoms with Crippen molar-refractivity contribution in [3.63, 3.8) is 0 Å². The molecule has 522 valence electrons. The number of nitrogens with zero attached hydrogens (tertiary/aromatic N) is 5. The van der Waals surface area contributed by atoms with Gasteiger partial charge in [-0.05, 0) is 188 Å². The van der Waals surface area contributed by atoms with E-state index in [-0.39, 0.29) is 6.04 Å². The van der Waals surface area contributed by atoms with Gasteiger partial charge in [-0.2, -0.15) is 0 Å². The molecular weight excluding hydrogens is 1330 g/mol. The Morgan fingerprint density at radius 1 is 0.273 bits per heavy atom. The Bertz CT molecular complexity index is 6560. The number of benzene rings is 15. The molecule has 6 heteroatoms. The smallest absolute Gasteiger partial charge is 0.0970 e. The van der Waals surface area contributed by atoms with Crippen LogP contribution in [-0.2, 0) is 6.54 Å². The Balaban J connectivity index is 0.000000116. The summed E-state index contributed by atoms with van der Waals surface area (Å²) in [6, 6.07) is 131. The third-order valence-corrected chi connectivity index (χ3v) is 21.9. The first-order chi connectivity index (χ1) is 54.5. The summed E-state index contributed by atoms with van der Waals surface area (Å²) >= 11 is 0. The molecule has 1 aliphatic carbocycles. The Hall–Kier alpha value is -14.0. The van der Waals surface area contributed by atoms with E-state index in [1.807, 2.05) is 31.6 Å². The molecule has 1 atom stereocenters. The Kier molecular flexibility index (Phi) is 17.6. The molecule has 1 aliphatic rings. The second-order valence-electron chi connectivity index (χ2n) is 28.3. The van der Waals surface area contributed by atoms with Gasteiger partial charge < -0.3 is 19.0 Å². The third-order valence-electron chi connectivity index (χ3n) is 21.9. The first-order valence-corrected chi connectivity index (χ1v) is 37.9. The van der Waals surface area contributed by atoms with Crippen LogP contribution in [0.3, 0.4) is 0 Å². The van der Waals surface area contributed by atoms with E-state index in [1.165, 1.54) is 166 Å². The molecule has 0 aliphatic heterocycles. The summed E-state index contributed by atoms with van der Waals surface area (Å²) < 4.78 is 7.16. The Morgan fingerprint density at radius 3 is 1.14 bits per heavy atom. The monoisotopic (exact) mass is 1410 g/mol. The first kappa shape index (κ1) is 66.6. The second-order valence-corrected chi connectivity index (χ2v) is 28.3. The minimum absolute atomic E-state index is 0.261. The number of para-hydroxylation sites is 5. The number of hydrogen-bond donors (Lipinski definition) is 1. The van der Waals surface area contributed by atoms with Crippen molar-refractivity contribution in [2.75, 3.05) is 7.05 Å². The van der Waals surface area contributed by atoms with E-state index >= 15 is 0 Å². The zero-order chi connectivity index (χ0) is 73.4. The maximum absolute atomic E-state index is 4.67. The summed E-state index contributed by atoms with van der Waals surface area (Å²) in [5.41, 5.74) is 31.5. The van der Waals surface area contributed by atoms with Crippen molar-refractivity contribution in [3.8, 4) is 67.0 Å². The summed E-state index contributed by atoms with van der Waals surface area (Å²) in [5, 5.41) is 13.5. The van der Waals surface area contributed by atoms with Gasteiger partial charge in [0.1, 0.15) is 0 Å². The van der Waals surface area contributed by atoms with Gasteiger partial charge in [0.05, 0.1) is 39.1 Å². The van der Waals surface area contributed by atoms with Gasteiger partial charge in [0, 0.05) is 84.4 Å². The number of rotatable bonds is 12. The molecule has 6 nitrogen and oxygen atoms in total. The minimum Gasteiger partial charge on any atom is -0.341 e. The van der Waals surface area contributed by atoms with Crippen molar-refractivity contribution in [2.24, 2.45) is 0 Å². The molecule has 20 aromatic rings. The highest BCUT2D eigenvalue weighted by molar-refractivity contribution is 6.13. The summed E-state index contributed by atoms with van der Waals surface area (Å²) in [6.45, 7) is 3.18. The lowest BCUT2D eigenvalue weighted by molar-refractivity contribution is 0.707. The number of aryl methyl sites for hydroxylation is 1. The zero-order valence-corrected chi connectivity index (χ0v) is 61.1. The SMILES string of the molecule is CCn1c2ccccc2c2cc(/C=C/c3ccc(-c4ccc(/C=C/c5ccc6c(c5)-c5ccccc5C6NC)cc4)cc3)ccc21.c1cc(-c2cccc(-n3c4ccccc4c4ccccc43)c2)cc(-n2c3ccccc3c3ccccc32)c1.c1ccc(-c2ccnc3c2ccc2c(-c4ccccc4)ccnc23)cc1. The van der Waals surface area contributed by atoms with E-state index < -0.39 is 0 Å². The van der Waals surface area contributed by atoms with Crippen LogP contribution < -0.4 is 5.32 Å². The fourth-order valence-corrected chi connectivity index (χ4v) is 16.7. The van der Waals surface area contributed by atoms with Crippen molar-refractivity contribution >= 4 is 112 Å².